The summed E-state index contributed by atoms with van der Waals surface area (Å²) in [5, 5.41) is 0. The van der Waals surface area contributed by atoms with Crippen molar-refractivity contribution in [2.75, 3.05) is 6.61 Å². The Morgan fingerprint density at radius 2 is 1.73 bits per heavy atom. The molecular formula is C20H25NO5. The van der Waals surface area contributed by atoms with E-state index in [1.165, 1.54) is 4.90 Å². The van der Waals surface area contributed by atoms with Crippen molar-refractivity contribution in [3.63, 3.8) is 0 Å². The van der Waals surface area contributed by atoms with Gasteiger partial charge in [0.05, 0.1) is 17.9 Å². The number of hydrogen-bond acceptors (Lipinski definition) is 5. The second kappa shape index (κ2) is 7.09. The van der Waals surface area contributed by atoms with Gasteiger partial charge in [0.2, 0.25) is 5.91 Å². The van der Waals surface area contributed by atoms with Gasteiger partial charge in [-0.3, -0.25) is 9.59 Å². The normalized spacial score (nSPS) is 28.6. The number of cyclic esters (lactones) is 2. The van der Waals surface area contributed by atoms with Crippen LogP contribution in [0.5, 0.6) is 0 Å². The van der Waals surface area contributed by atoms with Gasteiger partial charge in [-0.15, -0.1) is 0 Å². The molecular weight excluding hydrogens is 334 g/mol. The highest BCUT2D eigenvalue weighted by atomic mass is 16.6. The predicted octanol–water partition coefficient (Wildman–Crippen LogP) is 3.18. The van der Waals surface area contributed by atoms with Crippen LogP contribution in [0.15, 0.2) is 30.3 Å². The van der Waals surface area contributed by atoms with Gasteiger partial charge in [0.15, 0.2) is 0 Å². The number of imide groups is 1. The van der Waals surface area contributed by atoms with Crippen LogP contribution in [0.25, 0.3) is 0 Å². The number of benzene rings is 1. The predicted molar refractivity (Wildman–Crippen MR) is 93.9 cm³/mol. The molecule has 0 aliphatic carbocycles. The molecule has 2 saturated heterocycles. The van der Waals surface area contributed by atoms with Crippen LogP contribution in [-0.2, 0) is 19.1 Å². The van der Waals surface area contributed by atoms with Crippen LogP contribution in [-0.4, -0.2) is 35.5 Å². The molecule has 140 valence electrons. The molecule has 2 heterocycles. The van der Waals surface area contributed by atoms with E-state index in [0.29, 0.717) is 0 Å². The lowest BCUT2D eigenvalue weighted by molar-refractivity contribution is -0.145. The molecule has 2 fully saturated rings. The second-order valence-electron chi connectivity index (χ2n) is 7.66. The maximum absolute atomic E-state index is 13.4. The Bertz CT molecular complexity index is 699. The Morgan fingerprint density at radius 1 is 1.08 bits per heavy atom. The van der Waals surface area contributed by atoms with Crippen LogP contribution in [0.4, 0.5) is 4.79 Å². The van der Waals surface area contributed by atoms with Crippen molar-refractivity contribution in [2.45, 2.75) is 39.8 Å². The number of amides is 2. The zero-order valence-electron chi connectivity index (χ0n) is 15.5. The van der Waals surface area contributed by atoms with Crippen molar-refractivity contribution in [1.29, 1.82) is 0 Å². The third-order valence-electron chi connectivity index (χ3n) is 5.27. The van der Waals surface area contributed by atoms with E-state index in [1.807, 2.05) is 58.0 Å². The SMILES string of the molecule is CC(C)[C@H]1COC(=O)N1C(=O)[C@H]1[C@H](c2ccccc2)OC(=O)[C@H]1C(C)C. The van der Waals surface area contributed by atoms with Gasteiger partial charge < -0.3 is 9.47 Å². The van der Waals surface area contributed by atoms with Crippen molar-refractivity contribution >= 4 is 18.0 Å². The third kappa shape index (κ3) is 3.08. The minimum atomic E-state index is -0.739. The molecule has 0 aromatic heterocycles. The van der Waals surface area contributed by atoms with Gasteiger partial charge in [-0.25, -0.2) is 9.69 Å². The molecule has 0 bridgehead atoms. The average Bonchev–Trinajstić information content (AvgIpc) is 3.15. The minimum absolute atomic E-state index is 0.0658. The lowest BCUT2D eigenvalue weighted by Crippen LogP contribution is -2.47. The first-order chi connectivity index (χ1) is 12.3. The van der Waals surface area contributed by atoms with E-state index in [-0.39, 0.29) is 36.4 Å². The summed E-state index contributed by atoms with van der Waals surface area (Å²) in [6.07, 6.45) is -1.33. The molecule has 2 aliphatic rings. The molecule has 1 aromatic carbocycles. The molecule has 1 aromatic rings. The first-order valence-electron chi connectivity index (χ1n) is 9.08. The summed E-state index contributed by atoms with van der Waals surface area (Å²) in [6.45, 7) is 7.85. The Balaban J connectivity index is 2.00. The molecule has 26 heavy (non-hydrogen) atoms. The molecule has 2 aliphatic heterocycles. The molecule has 6 heteroatoms. The van der Waals surface area contributed by atoms with Gasteiger partial charge in [0.25, 0.3) is 0 Å². The third-order valence-corrected chi connectivity index (χ3v) is 5.27. The van der Waals surface area contributed by atoms with E-state index in [2.05, 4.69) is 0 Å². The molecule has 2 amide bonds. The fourth-order valence-electron chi connectivity index (χ4n) is 3.84. The van der Waals surface area contributed by atoms with Gasteiger partial charge in [-0.1, -0.05) is 58.0 Å². The number of carbonyl (C=O) groups is 3. The van der Waals surface area contributed by atoms with Gasteiger partial charge in [0, 0.05) is 0 Å². The van der Waals surface area contributed by atoms with Crippen molar-refractivity contribution in [1.82, 2.24) is 4.90 Å². The highest BCUT2D eigenvalue weighted by Crippen LogP contribution is 2.44. The van der Waals surface area contributed by atoms with E-state index in [4.69, 9.17) is 9.47 Å². The average molecular weight is 359 g/mol. The van der Waals surface area contributed by atoms with Crippen molar-refractivity contribution < 1.29 is 23.9 Å². The number of nitrogens with zero attached hydrogens (tertiary/aromatic N) is 1. The van der Waals surface area contributed by atoms with Crippen LogP contribution in [0.1, 0.15) is 39.4 Å². The van der Waals surface area contributed by atoms with E-state index in [9.17, 15) is 14.4 Å². The first-order valence-corrected chi connectivity index (χ1v) is 9.08. The lowest BCUT2D eigenvalue weighted by atomic mass is 9.79. The van der Waals surface area contributed by atoms with Crippen LogP contribution in [0.3, 0.4) is 0 Å². The highest BCUT2D eigenvalue weighted by molar-refractivity contribution is 5.98. The van der Waals surface area contributed by atoms with Gasteiger partial charge >= 0.3 is 12.1 Å². The van der Waals surface area contributed by atoms with Crippen LogP contribution < -0.4 is 0 Å². The summed E-state index contributed by atoms with van der Waals surface area (Å²) >= 11 is 0. The molecule has 4 atom stereocenters. The first kappa shape index (κ1) is 18.4. The fraction of sp³-hybridized carbons (Fsp3) is 0.550. The standard InChI is InChI=1S/C20H25NO5/c1-11(2)14-10-25-20(24)21(14)18(22)16-15(12(3)4)19(23)26-17(16)13-8-6-5-7-9-13/h5-9,11-12,14-17H,10H2,1-4H3/t14-,15+,16-,17+/m1/s1. The zero-order valence-corrected chi connectivity index (χ0v) is 15.5. The maximum Gasteiger partial charge on any atom is 0.416 e. The second-order valence-corrected chi connectivity index (χ2v) is 7.66. The molecule has 0 saturated carbocycles. The summed E-state index contributed by atoms with van der Waals surface area (Å²) in [4.78, 5) is 39.4. The minimum Gasteiger partial charge on any atom is -0.456 e. The fourth-order valence-corrected chi connectivity index (χ4v) is 3.84. The van der Waals surface area contributed by atoms with Crippen molar-refractivity contribution in [3.05, 3.63) is 35.9 Å². The number of rotatable bonds is 4. The monoisotopic (exact) mass is 359 g/mol. The van der Waals surface area contributed by atoms with Crippen molar-refractivity contribution in [2.24, 2.45) is 23.7 Å². The number of ether oxygens (including phenoxy) is 2. The summed E-state index contributed by atoms with van der Waals surface area (Å²) in [5.41, 5.74) is 0.760. The molecule has 6 nitrogen and oxygen atoms in total. The molecule has 0 N–H and O–H groups in total. The topological polar surface area (TPSA) is 72.9 Å². The Hall–Kier alpha value is -2.37. The summed E-state index contributed by atoms with van der Waals surface area (Å²) in [5.74, 6) is -2.12. The Labute approximate surface area is 153 Å². The van der Waals surface area contributed by atoms with Crippen LogP contribution in [0, 0.1) is 23.7 Å². The highest BCUT2D eigenvalue weighted by Gasteiger charge is 2.54. The van der Waals surface area contributed by atoms with E-state index >= 15 is 0 Å². The zero-order chi connectivity index (χ0) is 19.0. The molecule has 0 spiro atoms. The summed E-state index contributed by atoms with van der Waals surface area (Å²) in [6, 6.07) is 8.90. The van der Waals surface area contributed by atoms with Gasteiger partial charge in [-0.2, -0.15) is 0 Å². The van der Waals surface area contributed by atoms with E-state index in [0.717, 1.165) is 5.56 Å². The maximum atomic E-state index is 13.4. The Morgan fingerprint density at radius 3 is 2.31 bits per heavy atom. The smallest absolute Gasteiger partial charge is 0.416 e. The van der Waals surface area contributed by atoms with E-state index < -0.39 is 24.0 Å². The molecule has 0 unspecified atom stereocenters. The number of hydrogen-bond donors (Lipinski definition) is 0. The largest absolute Gasteiger partial charge is 0.456 e. The summed E-state index contributed by atoms with van der Waals surface area (Å²) < 4.78 is 10.7. The molecule has 3 rings (SSSR count). The van der Waals surface area contributed by atoms with Crippen LogP contribution in [0.2, 0.25) is 0 Å². The quantitative estimate of drug-likeness (QED) is 0.772. The Kier molecular flexibility index (Phi) is 5.03. The van der Waals surface area contributed by atoms with Gasteiger partial charge in [0.1, 0.15) is 12.7 Å². The van der Waals surface area contributed by atoms with E-state index in [1.54, 1.807) is 0 Å². The summed E-state index contributed by atoms with van der Waals surface area (Å²) in [7, 11) is 0. The number of carbonyl (C=O) groups excluding carboxylic acids is 3. The van der Waals surface area contributed by atoms with Crippen LogP contribution >= 0.6 is 0 Å². The number of esters is 1. The van der Waals surface area contributed by atoms with Crippen molar-refractivity contribution in [3.8, 4) is 0 Å². The lowest BCUT2D eigenvalue weighted by Gasteiger charge is -2.29. The van der Waals surface area contributed by atoms with Gasteiger partial charge in [-0.05, 0) is 17.4 Å². The molecule has 0 radical (unpaired) electrons.